The zero-order chi connectivity index (χ0) is 5.56. The molecule has 0 saturated heterocycles. The number of hydrogen-bond donors (Lipinski definition) is 0. The summed E-state index contributed by atoms with van der Waals surface area (Å²) >= 11 is 0. The lowest BCUT2D eigenvalue weighted by molar-refractivity contribution is 0.558. The molecule has 0 aliphatic heterocycles. The Bertz CT molecular complexity index is 133. The minimum Gasteiger partial charge on any atom is -0.0822 e. The first-order valence-electron chi connectivity index (χ1n) is 3.57. The summed E-state index contributed by atoms with van der Waals surface area (Å²) in [5.41, 5.74) is 1.75. The highest BCUT2D eigenvalue weighted by Gasteiger charge is 2.32. The summed E-state index contributed by atoms with van der Waals surface area (Å²) in [5, 5.41) is 0. The molecule has 0 aromatic rings. The Labute approximate surface area is 50.6 Å². The molecule has 0 heterocycles. The molecule has 0 bridgehead atoms. The Morgan fingerprint density at radius 3 is 3.00 bits per heavy atom. The van der Waals surface area contributed by atoms with Gasteiger partial charge in [-0.3, -0.25) is 0 Å². The molecule has 0 spiro atoms. The van der Waals surface area contributed by atoms with Gasteiger partial charge >= 0.3 is 0 Å². The summed E-state index contributed by atoms with van der Waals surface area (Å²) in [6.07, 6.45) is 6.82. The van der Waals surface area contributed by atoms with Crippen molar-refractivity contribution < 1.29 is 0 Å². The van der Waals surface area contributed by atoms with Gasteiger partial charge in [-0.05, 0) is 31.1 Å². The van der Waals surface area contributed by atoms with Crippen LogP contribution in [0, 0.1) is 11.8 Å². The highest BCUT2D eigenvalue weighted by molar-refractivity contribution is 5.26. The topological polar surface area (TPSA) is 0 Å². The molecule has 0 heteroatoms. The molecule has 2 atom stereocenters. The quantitative estimate of drug-likeness (QED) is 0.418. The highest BCUT2D eigenvalue weighted by atomic mass is 14.4. The molecular weight excluding hydrogens is 96.1 g/mol. The third-order valence-corrected chi connectivity index (χ3v) is 2.32. The molecule has 0 N–H and O–H groups in total. The van der Waals surface area contributed by atoms with Crippen LogP contribution in [-0.2, 0) is 0 Å². The molecule has 8 heavy (non-hydrogen) atoms. The zero-order valence-corrected chi connectivity index (χ0v) is 5.35. The van der Waals surface area contributed by atoms with E-state index in [2.05, 4.69) is 13.0 Å². The van der Waals surface area contributed by atoms with Crippen LogP contribution in [-0.4, -0.2) is 0 Å². The van der Waals surface area contributed by atoms with Crippen molar-refractivity contribution >= 4 is 0 Å². The van der Waals surface area contributed by atoms with Crippen LogP contribution in [0.2, 0.25) is 0 Å². The summed E-state index contributed by atoms with van der Waals surface area (Å²) in [5.74, 6) is 1.94. The molecular formula is C8H12. The molecule has 1 fully saturated rings. The smallest absolute Gasteiger partial charge is 0.0165 e. The van der Waals surface area contributed by atoms with Gasteiger partial charge in [0.15, 0.2) is 0 Å². The van der Waals surface area contributed by atoms with Crippen molar-refractivity contribution in [2.24, 2.45) is 11.8 Å². The van der Waals surface area contributed by atoms with Crippen molar-refractivity contribution in [2.75, 3.05) is 0 Å². The number of fused-ring (bicyclic) bond motifs is 1. The van der Waals surface area contributed by atoms with E-state index in [-0.39, 0.29) is 0 Å². The van der Waals surface area contributed by atoms with Crippen LogP contribution in [0.5, 0.6) is 0 Å². The van der Waals surface area contributed by atoms with Gasteiger partial charge in [-0.15, -0.1) is 0 Å². The van der Waals surface area contributed by atoms with Gasteiger partial charge in [0.25, 0.3) is 0 Å². The molecule has 44 valence electrons. The first-order valence-corrected chi connectivity index (χ1v) is 3.57. The van der Waals surface area contributed by atoms with Crippen molar-refractivity contribution in [3.8, 4) is 0 Å². The lowest BCUT2D eigenvalue weighted by Crippen LogP contribution is -1.94. The van der Waals surface area contributed by atoms with Crippen molar-refractivity contribution in [3.05, 3.63) is 11.6 Å². The third kappa shape index (κ3) is 0.594. The number of hydrogen-bond acceptors (Lipinski definition) is 0. The molecule has 2 unspecified atom stereocenters. The Kier molecular flexibility index (Phi) is 0.787. The first-order chi connectivity index (χ1) is 3.86. The van der Waals surface area contributed by atoms with E-state index in [1.54, 1.807) is 5.57 Å². The summed E-state index contributed by atoms with van der Waals surface area (Å²) in [7, 11) is 0. The fraction of sp³-hybridized carbons (Fsp3) is 0.750. The average molecular weight is 108 g/mol. The van der Waals surface area contributed by atoms with Crippen LogP contribution >= 0.6 is 0 Å². The van der Waals surface area contributed by atoms with E-state index in [1.807, 2.05) is 0 Å². The summed E-state index contributed by atoms with van der Waals surface area (Å²) in [6, 6.07) is 0. The third-order valence-electron chi connectivity index (χ3n) is 2.32. The second-order valence-electron chi connectivity index (χ2n) is 3.20. The standard InChI is InChI=1S/C8H12/c1-6-2-3-7-5-8(7)4-6/h4,6-7H,2-3,5H2,1H3. The molecule has 2 aliphatic rings. The first kappa shape index (κ1) is 4.60. The van der Waals surface area contributed by atoms with E-state index >= 15 is 0 Å². The van der Waals surface area contributed by atoms with Gasteiger partial charge in [0.05, 0.1) is 0 Å². The molecule has 0 aromatic heterocycles. The monoisotopic (exact) mass is 108 g/mol. The van der Waals surface area contributed by atoms with Crippen molar-refractivity contribution in [1.82, 2.24) is 0 Å². The van der Waals surface area contributed by atoms with E-state index in [1.165, 1.54) is 19.3 Å². The number of allylic oxidation sites excluding steroid dienone is 2. The van der Waals surface area contributed by atoms with E-state index in [9.17, 15) is 0 Å². The fourth-order valence-electron chi connectivity index (χ4n) is 1.63. The molecule has 0 radical (unpaired) electrons. The van der Waals surface area contributed by atoms with Crippen molar-refractivity contribution in [2.45, 2.75) is 26.2 Å². The Morgan fingerprint density at radius 1 is 1.50 bits per heavy atom. The molecule has 0 amide bonds. The lowest BCUT2D eigenvalue weighted by atomic mass is 9.98. The van der Waals surface area contributed by atoms with Crippen LogP contribution < -0.4 is 0 Å². The minimum atomic E-state index is 0.892. The normalized spacial score (nSPS) is 42.9. The minimum absolute atomic E-state index is 0.892. The lowest BCUT2D eigenvalue weighted by Gasteiger charge is -2.07. The van der Waals surface area contributed by atoms with Crippen molar-refractivity contribution in [1.29, 1.82) is 0 Å². The second-order valence-corrected chi connectivity index (χ2v) is 3.20. The van der Waals surface area contributed by atoms with E-state index in [0.29, 0.717) is 0 Å². The van der Waals surface area contributed by atoms with Gasteiger partial charge in [-0.25, -0.2) is 0 Å². The van der Waals surface area contributed by atoms with Gasteiger partial charge in [0.1, 0.15) is 0 Å². The molecule has 0 aromatic carbocycles. The summed E-state index contributed by atoms with van der Waals surface area (Å²) in [4.78, 5) is 0. The Balaban J connectivity index is 2.16. The predicted molar refractivity (Wildman–Crippen MR) is 34.6 cm³/mol. The molecule has 0 nitrogen and oxygen atoms in total. The maximum absolute atomic E-state index is 2.47. The van der Waals surface area contributed by atoms with E-state index in [0.717, 1.165) is 11.8 Å². The summed E-state index contributed by atoms with van der Waals surface area (Å²) < 4.78 is 0. The number of rotatable bonds is 0. The van der Waals surface area contributed by atoms with Gasteiger partial charge in [0, 0.05) is 0 Å². The summed E-state index contributed by atoms with van der Waals surface area (Å²) in [6.45, 7) is 2.32. The Hall–Kier alpha value is -0.260. The maximum Gasteiger partial charge on any atom is -0.0165 e. The van der Waals surface area contributed by atoms with E-state index in [4.69, 9.17) is 0 Å². The molecule has 2 rings (SSSR count). The largest absolute Gasteiger partial charge is 0.0822 e. The second kappa shape index (κ2) is 1.37. The zero-order valence-electron chi connectivity index (χ0n) is 5.35. The fourth-order valence-corrected chi connectivity index (χ4v) is 1.63. The predicted octanol–water partition coefficient (Wildman–Crippen LogP) is 2.36. The van der Waals surface area contributed by atoms with Gasteiger partial charge in [-0.1, -0.05) is 18.6 Å². The average Bonchev–Trinajstić information content (AvgIpc) is 2.43. The van der Waals surface area contributed by atoms with Crippen LogP contribution in [0.1, 0.15) is 26.2 Å². The van der Waals surface area contributed by atoms with Gasteiger partial charge < -0.3 is 0 Å². The van der Waals surface area contributed by atoms with Crippen LogP contribution in [0.25, 0.3) is 0 Å². The van der Waals surface area contributed by atoms with Gasteiger partial charge in [0.2, 0.25) is 0 Å². The SMILES string of the molecule is CC1C=C2CC2CC1. The highest BCUT2D eigenvalue weighted by Crippen LogP contribution is 2.46. The van der Waals surface area contributed by atoms with Crippen molar-refractivity contribution in [3.63, 3.8) is 0 Å². The Morgan fingerprint density at radius 2 is 2.38 bits per heavy atom. The van der Waals surface area contributed by atoms with Crippen LogP contribution in [0.15, 0.2) is 11.6 Å². The maximum atomic E-state index is 2.47. The van der Waals surface area contributed by atoms with E-state index < -0.39 is 0 Å². The molecule has 1 saturated carbocycles. The van der Waals surface area contributed by atoms with Gasteiger partial charge in [-0.2, -0.15) is 0 Å². The van der Waals surface area contributed by atoms with Crippen LogP contribution in [0.3, 0.4) is 0 Å². The van der Waals surface area contributed by atoms with Crippen LogP contribution in [0.4, 0.5) is 0 Å². The molecule has 2 aliphatic carbocycles.